The Bertz CT molecular complexity index is 2080. The molecule has 1 aliphatic heterocycles. The van der Waals surface area contributed by atoms with E-state index in [1.54, 1.807) is 37.3 Å². The number of nitriles is 1. The number of hydrogen-bond acceptors (Lipinski definition) is 11. The lowest BCUT2D eigenvalue weighted by Crippen LogP contribution is -2.45. The summed E-state index contributed by atoms with van der Waals surface area (Å²) in [6, 6.07) is 16.1. The number of aliphatic hydroxyl groups excluding tert-OH is 1. The Hall–Kier alpha value is -5.42. The monoisotopic (exact) mass is 865 g/mol. The lowest BCUT2D eigenvalue weighted by Gasteiger charge is -2.32. The molecule has 6 N–H and O–H groups in total. The number of Topliss-reactive ketones (excluding diaryl/α,β-unsaturated/α-hetero) is 3. The first-order valence-corrected chi connectivity index (χ1v) is 22.5. The van der Waals surface area contributed by atoms with E-state index in [0.29, 0.717) is 39.3 Å². The van der Waals surface area contributed by atoms with Gasteiger partial charge in [0.15, 0.2) is 17.3 Å². The fourth-order valence-corrected chi connectivity index (χ4v) is 8.23. The Morgan fingerprint density at radius 3 is 2.24 bits per heavy atom. The number of nitrogens with zero attached hydrogens (tertiary/aromatic N) is 2. The van der Waals surface area contributed by atoms with Crippen molar-refractivity contribution in [3.8, 4) is 28.7 Å². The third-order valence-corrected chi connectivity index (χ3v) is 11.7. The minimum absolute atomic E-state index is 0.0171. The Labute approximate surface area is 372 Å². The SMILES string of the molecule is CCCCCCCCc1ccc(C(=O)C[C@@H](CCO)C(=O)N(C)[C@@H]2C(=O)C[C@@H](C)C(=O)N[C@H](C(=O)CCC#N)Cc3ccc(OCCN)c(c3)-c3cc2ccc3OCCN)c(C)c1. The number of nitrogens with one attached hydrogen (secondary N) is 1. The van der Waals surface area contributed by atoms with E-state index in [4.69, 9.17) is 20.9 Å². The Kier molecular flexibility index (Phi) is 20.4. The summed E-state index contributed by atoms with van der Waals surface area (Å²) in [7, 11) is 1.49. The molecule has 0 fully saturated rings. The van der Waals surface area contributed by atoms with Gasteiger partial charge in [-0.2, -0.15) is 5.26 Å². The number of aliphatic hydroxyl groups is 1. The average molecular weight is 866 g/mol. The highest BCUT2D eigenvalue weighted by atomic mass is 16.5. The maximum Gasteiger partial charge on any atom is 0.226 e. The Morgan fingerprint density at radius 2 is 1.59 bits per heavy atom. The summed E-state index contributed by atoms with van der Waals surface area (Å²) in [6.45, 7) is 6.10. The zero-order valence-electron chi connectivity index (χ0n) is 37.6. The number of aryl methyl sites for hydroxylation is 2. The molecule has 4 atom stereocenters. The number of unbranched alkanes of at least 4 members (excludes halogenated alkanes) is 5. The molecule has 1 aliphatic rings. The molecule has 0 aromatic heterocycles. The summed E-state index contributed by atoms with van der Waals surface area (Å²) in [5.41, 5.74) is 16.3. The third-order valence-electron chi connectivity index (χ3n) is 11.7. The van der Waals surface area contributed by atoms with Gasteiger partial charge in [0.2, 0.25) is 11.8 Å². The number of ether oxygens (including phenoxy) is 2. The first kappa shape index (κ1) is 50.2. The fraction of sp³-hybridized carbons (Fsp3) is 0.520. The van der Waals surface area contributed by atoms with Crippen LogP contribution < -0.4 is 26.3 Å². The molecule has 4 bridgehead atoms. The van der Waals surface area contributed by atoms with Crippen molar-refractivity contribution in [3.63, 3.8) is 0 Å². The Balaban J connectivity index is 1.76. The zero-order chi connectivity index (χ0) is 45.9. The van der Waals surface area contributed by atoms with E-state index in [1.807, 2.05) is 37.3 Å². The van der Waals surface area contributed by atoms with Gasteiger partial charge in [0.1, 0.15) is 30.8 Å². The Morgan fingerprint density at radius 1 is 0.921 bits per heavy atom. The first-order valence-electron chi connectivity index (χ1n) is 22.5. The van der Waals surface area contributed by atoms with Crippen LogP contribution in [0.3, 0.4) is 0 Å². The molecular formula is C50H67N5O8. The van der Waals surface area contributed by atoms with Crippen LogP contribution in [0.5, 0.6) is 11.5 Å². The number of carbonyl (C=O) groups is 5. The number of ketones is 3. The van der Waals surface area contributed by atoms with Crippen LogP contribution in [0.2, 0.25) is 0 Å². The second-order valence-electron chi connectivity index (χ2n) is 16.7. The van der Waals surface area contributed by atoms with Gasteiger partial charge in [-0.3, -0.25) is 24.0 Å². The molecule has 1 heterocycles. The van der Waals surface area contributed by atoms with Crippen molar-refractivity contribution >= 4 is 29.2 Å². The van der Waals surface area contributed by atoms with Crippen LogP contribution in [0, 0.1) is 30.1 Å². The number of rotatable bonds is 23. The molecule has 2 amide bonds. The second kappa shape index (κ2) is 25.6. The molecular weight excluding hydrogens is 799 g/mol. The van der Waals surface area contributed by atoms with Crippen molar-refractivity contribution in [1.82, 2.24) is 10.2 Å². The third kappa shape index (κ3) is 14.3. The van der Waals surface area contributed by atoms with E-state index < -0.39 is 41.5 Å². The lowest BCUT2D eigenvalue weighted by atomic mass is 9.88. The standard InChI is InChI=1S/C50H67N5O8/c1-5-6-7-8-9-10-12-35-14-17-39(33(2)27-35)44(58)32-38(20-24-56)50(61)55(4)48-37-16-19-47(63-26-23-53)41(31-37)40-29-36(15-18-46(40)62-25-22-52)30-42(43(57)13-11-21-51)54-49(60)34(3)28-45(48)59/h14-19,27,29,31,34,38,42,48,56H,5-13,20,22-26,28,30,32,52-53H2,1-4H3,(H,54,60)/t34-,38-,42+,48+/m1/s1. The van der Waals surface area contributed by atoms with Crippen molar-refractivity contribution in [1.29, 1.82) is 5.26 Å². The topological polar surface area (TPSA) is 215 Å². The quantitative estimate of drug-likeness (QED) is 0.0595. The summed E-state index contributed by atoms with van der Waals surface area (Å²) in [5.74, 6) is -3.09. The molecule has 0 radical (unpaired) electrons. The van der Waals surface area contributed by atoms with Crippen molar-refractivity contribution in [2.24, 2.45) is 23.3 Å². The van der Waals surface area contributed by atoms with Gasteiger partial charge in [0, 0.05) is 81.0 Å². The molecule has 4 rings (SSSR count). The lowest BCUT2D eigenvalue weighted by molar-refractivity contribution is -0.142. The molecule has 340 valence electrons. The molecule has 0 unspecified atom stereocenters. The molecule has 0 saturated carbocycles. The predicted octanol–water partition coefficient (Wildman–Crippen LogP) is 6.52. The van der Waals surface area contributed by atoms with E-state index in [1.165, 1.54) is 37.6 Å². The van der Waals surface area contributed by atoms with Crippen LogP contribution >= 0.6 is 0 Å². The van der Waals surface area contributed by atoms with Crippen molar-refractivity contribution in [2.75, 3.05) is 40.0 Å². The van der Waals surface area contributed by atoms with E-state index in [2.05, 4.69) is 12.2 Å². The molecule has 3 aromatic rings. The summed E-state index contributed by atoms with van der Waals surface area (Å²) in [4.78, 5) is 71.7. The highest BCUT2D eigenvalue weighted by Crippen LogP contribution is 2.41. The van der Waals surface area contributed by atoms with E-state index >= 15 is 0 Å². The van der Waals surface area contributed by atoms with Crippen molar-refractivity contribution in [2.45, 2.75) is 116 Å². The average Bonchev–Trinajstić information content (AvgIpc) is 3.27. The number of nitrogens with two attached hydrogens (primary N) is 2. The van der Waals surface area contributed by atoms with Crippen LogP contribution in [0.1, 0.15) is 123 Å². The predicted molar refractivity (Wildman–Crippen MR) is 243 cm³/mol. The van der Waals surface area contributed by atoms with Gasteiger partial charge in [-0.25, -0.2) is 0 Å². The summed E-state index contributed by atoms with van der Waals surface area (Å²) in [6.07, 6.45) is 7.56. The largest absolute Gasteiger partial charge is 0.492 e. The second-order valence-corrected chi connectivity index (χ2v) is 16.7. The fourth-order valence-electron chi connectivity index (χ4n) is 8.23. The van der Waals surface area contributed by atoms with E-state index in [0.717, 1.165) is 30.4 Å². The van der Waals surface area contributed by atoms with E-state index in [9.17, 15) is 34.3 Å². The maximum atomic E-state index is 14.7. The number of amides is 2. The van der Waals surface area contributed by atoms with Gasteiger partial charge in [0.05, 0.1) is 12.1 Å². The number of hydrogen-bond donors (Lipinski definition) is 4. The van der Waals surface area contributed by atoms with Gasteiger partial charge < -0.3 is 36.3 Å². The van der Waals surface area contributed by atoms with Crippen LogP contribution in [-0.4, -0.2) is 85.2 Å². The molecule has 63 heavy (non-hydrogen) atoms. The number of likely N-dealkylation sites (N-methyl/N-ethyl adjacent to an activating group) is 1. The number of carbonyl (C=O) groups excluding carboxylic acids is 5. The molecule has 3 aromatic carbocycles. The van der Waals surface area contributed by atoms with Gasteiger partial charge in [0.25, 0.3) is 0 Å². The molecule has 13 heteroatoms. The van der Waals surface area contributed by atoms with Gasteiger partial charge in [-0.1, -0.05) is 76.3 Å². The molecule has 0 saturated heterocycles. The molecule has 0 spiro atoms. The highest BCUT2D eigenvalue weighted by Gasteiger charge is 2.36. The molecule has 0 aliphatic carbocycles. The van der Waals surface area contributed by atoms with Gasteiger partial charge >= 0.3 is 0 Å². The number of benzene rings is 3. The first-order chi connectivity index (χ1) is 30.4. The smallest absolute Gasteiger partial charge is 0.226 e. The number of fused-ring (bicyclic) bond motifs is 5. The van der Waals surface area contributed by atoms with E-state index in [-0.39, 0.29) is 83.0 Å². The minimum Gasteiger partial charge on any atom is -0.492 e. The van der Waals surface area contributed by atoms with Gasteiger partial charge in [-0.15, -0.1) is 0 Å². The van der Waals surface area contributed by atoms with Crippen molar-refractivity contribution in [3.05, 3.63) is 82.4 Å². The van der Waals surface area contributed by atoms with Crippen LogP contribution in [-0.2, 0) is 32.0 Å². The summed E-state index contributed by atoms with van der Waals surface area (Å²) in [5, 5.41) is 22.2. The summed E-state index contributed by atoms with van der Waals surface area (Å²) < 4.78 is 12.2. The normalized spacial score (nSPS) is 16.9. The maximum absolute atomic E-state index is 14.7. The minimum atomic E-state index is -1.23. The zero-order valence-corrected chi connectivity index (χ0v) is 37.6. The highest BCUT2D eigenvalue weighted by molar-refractivity contribution is 6.01. The van der Waals surface area contributed by atoms with Crippen molar-refractivity contribution < 1.29 is 38.6 Å². The van der Waals surface area contributed by atoms with Crippen LogP contribution in [0.25, 0.3) is 11.1 Å². The van der Waals surface area contributed by atoms with Crippen LogP contribution in [0.4, 0.5) is 0 Å². The summed E-state index contributed by atoms with van der Waals surface area (Å²) >= 11 is 0. The van der Waals surface area contributed by atoms with Gasteiger partial charge in [-0.05, 0) is 79.1 Å². The molecule has 13 nitrogen and oxygen atoms in total. The van der Waals surface area contributed by atoms with Crippen LogP contribution in [0.15, 0.2) is 54.6 Å².